The first-order valence-corrected chi connectivity index (χ1v) is 11.3. The number of carbonyl (C=O) groups excluding carboxylic acids is 3. The molecule has 3 amide bonds. The lowest BCUT2D eigenvalue weighted by Crippen LogP contribution is -2.58. The van der Waals surface area contributed by atoms with Crippen molar-refractivity contribution in [3.8, 4) is 0 Å². The number of hydrogen-bond acceptors (Lipinski definition) is 4. The molecular weight excluding hydrogens is 392 g/mol. The van der Waals surface area contributed by atoms with Crippen LogP contribution in [0.2, 0.25) is 0 Å². The molecule has 2 heterocycles. The highest BCUT2D eigenvalue weighted by molar-refractivity contribution is 5.96. The average molecular weight is 429 g/mol. The summed E-state index contributed by atoms with van der Waals surface area (Å²) in [4.78, 5) is 44.6. The molecule has 0 radical (unpaired) electrons. The van der Waals surface area contributed by atoms with Gasteiger partial charge in [0.25, 0.3) is 5.91 Å². The fourth-order valence-corrected chi connectivity index (χ4v) is 4.47. The van der Waals surface area contributed by atoms with Crippen molar-refractivity contribution in [2.75, 3.05) is 31.2 Å². The number of amides is 3. The maximum Gasteiger partial charge on any atom is 0.250 e. The summed E-state index contributed by atoms with van der Waals surface area (Å²) in [5.74, 6) is -0.0320. The molecule has 1 aromatic rings. The van der Waals surface area contributed by atoms with Crippen LogP contribution in [0, 0.1) is 5.41 Å². The quantitative estimate of drug-likeness (QED) is 0.783. The number of carbonyl (C=O) groups is 3. The van der Waals surface area contributed by atoms with Crippen molar-refractivity contribution in [3.63, 3.8) is 0 Å². The minimum Gasteiger partial charge on any atom is -0.352 e. The molecule has 2 fully saturated rings. The Hall–Kier alpha value is -2.57. The number of para-hydroxylation sites is 1. The van der Waals surface area contributed by atoms with E-state index in [1.165, 1.54) is 0 Å². The molecule has 0 aliphatic carbocycles. The summed E-state index contributed by atoms with van der Waals surface area (Å²) in [7, 11) is 0. The van der Waals surface area contributed by atoms with Crippen molar-refractivity contribution in [2.45, 2.75) is 65.5 Å². The van der Waals surface area contributed by atoms with Crippen molar-refractivity contribution in [1.29, 1.82) is 0 Å². The lowest BCUT2D eigenvalue weighted by molar-refractivity contribution is -0.144. The number of benzene rings is 1. The summed E-state index contributed by atoms with van der Waals surface area (Å²) in [6.07, 6.45) is 1.97. The predicted octanol–water partition coefficient (Wildman–Crippen LogP) is 2.61. The number of piperidine rings is 1. The molecule has 2 saturated heterocycles. The van der Waals surface area contributed by atoms with Crippen LogP contribution in [0.15, 0.2) is 30.3 Å². The van der Waals surface area contributed by atoms with Gasteiger partial charge in [0, 0.05) is 30.2 Å². The summed E-state index contributed by atoms with van der Waals surface area (Å²) in [5.41, 5.74) is -0.188. The Labute approximate surface area is 185 Å². The Morgan fingerprint density at radius 2 is 1.74 bits per heavy atom. The van der Waals surface area contributed by atoms with Crippen molar-refractivity contribution in [2.24, 2.45) is 5.41 Å². The van der Waals surface area contributed by atoms with E-state index < -0.39 is 11.0 Å². The Bertz CT molecular complexity index is 810. The summed E-state index contributed by atoms with van der Waals surface area (Å²) >= 11 is 0. The molecule has 0 unspecified atom stereocenters. The number of nitrogens with zero attached hydrogens (tertiary/aromatic N) is 3. The Morgan fingerprint density at radius 3 is 2.29 bits per heavy atom. The normalized spacial score (nSPS) is 19.6. The van der Waals surface area contributed by atoms with Gasteiger partial charge in [-0.2, -0.15) is 0 Å². The van der Waals surface area contributed by atoms with Gasteiger partial charge < -0.3 is 20.0 Å². The lowest BCUT2D eigenvalue weighted by Gasteiger charge is -2.44. The van der Waals surface area contributed by atoms with Gasteiger partial charge in [0.2, 0.25) is 11.8 Å². The molecule has 0 saturated carbocycles. The zero-order valence-electron chi connectivity index (χ0n) is 19.5. The maximum absolute atomic E-state index is 13.6. The first kappa shape index (κ1) is 23.1. The first-order valence-electron chi connectivity index (χ1n) is 11.3. The van der Waals surface area contributed by atoms with Crippen LogP contribution < -0.4 is 10.2 Å². The Kier molecular flexibility index (Phi) is 6.62. The summed E-state index contributed by atoms with van der Waals surface area (Å²) in [6, 6.07) is 9.97. The van der Waals surface area contributed by atoms with Crippen LogP contribution in [0.5, 0.6) is 0 Å². The zero-order valence-corrected chi connectivity index (χ0v) is 19.5. The average Bonchev–Trinajstić information content (AvgIpc) is 2.99. The fraction of sp³-hybridized carbons (Fsp3) is 0.625. The molecule has 0 bridgehead atoms. The highest BCUT2D eigenvalue weighted by Crippen LogP contribution is 2.40. The van der Waals surface area contributed by atoms with E-state index in [4.69, 9.17) is 0 Å². The van der Waals surface area contributed by atoms with E-state index in [0.29, 0.717) is 32.6 Å². The number of rotatable bonds is 5. The minimum atomic E-state index is -0.716. The van der Waals surface area contributed by atoms with Gasteiger partial charge in [0.15, 0.2) is 0 Å². The summed E-state index contributed by atoms with van der Waals surface area (Å²) < 4.78 is 0. The molecule has 170 valence electrons. The topological polar surface area (TPSA) is 73.0 Å². The van der Waals surface area contributed by atoms with Crippen LogP contribution in [0.1, 0.15) is 53.9 Å². The molecule has 7 nitrogen and oxygen atoms in total. The largest absolute Gasteiger partial charge is 0.352 e. The smallest absolute Gasteiger partial charge is 0.250 e. The highest BCUT2D eigenvalue weighted by atomic mass is 16.2. The molecule has 1 spiro atoms. The second-order valence-electron chi connectivity index (χ2n) is 9.86. The fourth-order valence-electron chi connectivity index (χ4n) is 4.47. The van der Waals surface area contributed by atoms with Gasteiger partial charge in [-0.1, -0.05) is 45.9 Å². The van der Waals surface area contributed by atoms with Gasteiger partial charge in [-0.15, -0.1) is 0 Å². The molecule has 1 atom stereocenters. The van der Waals surface area contributed by atoms with E-state index in [1.54, 1.807) is 4.90 Å². The van der Waals surface area contributed by atoms with E-state index in [9.17, 15) is 14.4 Å². The molecule has 7 heteroatoms. The van der Waals surface area contributed by atoms with Crippen LogP contribution in [0.4, 0.5) is 5.69 Å². The molecule has 1 N–H and O–H groups in total. The molecule has 1 aromatic carbocycles. The van der Waals surface area contributed by atoms with Gasteiger partial charge in [0.1, 0.15) is 12.1 Å². The van der Waals surface area contributed by atoms with Crippen LogP contribution >= 0.6 is 0 Å². The van der Waals surface area contributed by atoms with Gasteiger partial charge in [0.05, 0.1) is 6.67 Å². The SMILES string of the molecule is CC[C@H](C)NC(=O)CN1CN(c2ccccc2)C2(CCN(C(=O)C(C)(C)C)CC2)C1=O. The molecule has 0 aromatic heterocycles. The van der Waals surface area contributed by atoms with E-state index in [1.807, 2.05) is 69.9 Å². The van der Waals surface area contributed by atoms with Crippen molar-refractivity contribution in [1.82, 2.24) is 15.1 Å². The van der Waals surface area contributed by atoms with E-state index in [0.717, 1.165) is 12.1 Å². The molecule has 3 rings (SSSR count). The Balaban J connectivity index is 1.82. The van der Waals surface area contributed by atoms with Crippen LogP contribution in [-0.4, -0.2) is 65.4 Å². The van der Waals surface area contributed by atoms with Gasteiger partial charge in [-0.25, -0.2) is 0 Å². The van der Waals surface area contributed by atoms with E-state index >= 15 is 0 Å². The third-order valence-electron chi connectivity index (χ3n) is 6.46. The van der Waals surface area contributed by atoms with Crippen LogP contribution in [-0.2, 0) is 14.4 Å². The van der Waals surface area contributed by atoms with Gasteiger partial charge in [-0.05, 0) is 38.3 Å². The predicted molar refractivity (Wildman–Crippen MR) is 121 cm³/mol. The van der Waals surface area contributed by atoms with Crippen molar-refractivity contribution in [3.05, 3.63) is 30.3 Å². The maximum atomic E-state index is 13.6. The zero-order chi connectivity index (χ0) is 22.8. The third-order valence-corrected chi connectivity index (χ3v) is 6.46. The number of nitrogens with one attached hydrogen (secondary N) is 1. The monoisotopic (exact) mass is 428 g/mol. The second kappa shape index (κ2) is 8.89. The van der Waals surface area contributed by atoms with Crippen molar-refractivity contribution < 1.29 is 14.4 Å². The summed E-state index contributed by atoms with van der Waals surface area (Å²) in [6.45, 7) is 11.3. The summed E-state index contributed by atoms with van der Waals surface area (Å²) in [5, 5.41) is 2.96. The molecule has 31 heavy (non-hydrogen) atoms. The second-order valence-corrected chi connectivity index (χ2v) is 9.86. The van der Waals surface area contributed by atoms with Crippen LogP contribution in [0.25, 0.3) is 0 Å². The molecule has 2 aliphatic rings. The first-order chi connectivity index (χ1) is 14.6. The van der Waals surface area contributed by atoms with Crippen LogP contribution in [0.3, 0.4) is 0 Å². The standard InChI is InChI=1S/C24H36N4O3/c1-6-18(2)25-20(29)16-27-17-28(19-10-8-7-9-11-19)24(22(27)31)12-14-26(15-13-24)21(30)23(3,4)5/h7-11,18H,6,12-17H2,1-5H3,(H,25,29)/t18-/m0/s1. The number of likely N-dealkylation sites (tertiary alicyclic amines) is 1. The van der Waals surface area contributed by atoms with Crippen molar-refractivity contribution >= 4 is 23.4 Å². The Morgan fingerprint density at radius 1 is 1.13 bits per heavy atom. The minimum absolute atomic E-state index is 0.0153. The van der Waals surface area contributed by atoms with E-state index in [-0.39, 0.29) is 30.3 Å². The van der Waals surface area contributed by atoms with E-state index in [2.05, 4.69) is 10.2 Å². The highest BCUT2D eigenvalue weighted by Gasteiger charge is 2.54. The molecular formula is C24H36N4O3. The van der Waals surface area contributed by atoms with Gasteiger partial charge >= 0.3 is 0 Å². The molecule has 2 aliphatic heterocycles. The lowest BCUT2D eigenvalue weighted by atomic mass is 9.84. The number of anilines is 1. The van der Waals surface area contributed by atoms with Gasteiger partial charge in [-0.3, -0.25) is 14.4 Å². The number of hydrogen-bond donors (Lipinski definition) is 1. The third kappa shape index (κ3) is 4.70.